The molecule has 7 N–H and O–H groups in total. The first kappa shape index (κ1) is 32.4. The number of halogens is 4. The summed E-state index contributed by atoms with van der Waals surface area (Å²) in [7, 11) is 1.97. The number of Topliss-reactive ketones (excluding diaryl/α,β-unsaturated/α-hetero) is 1. The number of nitrogen functional groups attached to an aromatic ring is 1. The number of thiazole rings is 1. The van der Waals surface area contributed by atoms with Gasteiger partial charge in [0.05, 0.1) is 44.7 Å². The van der Waals surface area contributed by atoms with Crippen molar-refractivity contribution >= 4 is 68.5 Å². The summed E-state index contributed by atoms with van der Waals surface area (Å²) in [6, 6.07) is 4.14. The van der Waals surface area contributed by atoms with E-state index in [1.54, 1.807) is 12.1 Å². The summed E-state index contributed by atoms with van der Waals surface area (Å²) < 4.78 is 32.3. The van der Waals surface area contributed by atoms with E-state index < -0.39 is 17.3 Å². The lowest BCUT2D eigenvalue weighted by Gasteiger charge is -2.42. The minimum atomic E-state index is -1.00. The van der Waals surface area contributed by atoms with Crippen LogP contribution in [0.25, 0.3) is 21.3 Å². The molecule has 2 aliphatic rings. The van der Waals surface area contributed by atoms with E-state index in [1.165, 1.54) is 6.07 Å². The zero-order valence-corrected chi connectivity index (χ0v) is 25.2. The first-order valence-corrected chi connectivity index (χ1v) is 14.6. The van der Waals surface area contributed by atoms with E-state index in [0.717, 1.165) is 30.7 Å². The second-order valence-electron chi connectivity index (χ2n) is 10.0. The van der Waals surface area contributed by atoms with Crippen LogP contribution in [0.2, 0.25) is 10.0 Å². The number of rotatable bonds is 5. The number of amides is 2. The fraction of sp³-hybridized carbons (Fsp3) is 0.333. The Labute approximate surface area is 259 Å². The number of benzene rings is 2. The number of hydrogen-bond donors (Lipinski definition) is 4. The maximum atomic E-state index is 14.4. The van der Waals surface area contributed by atoms with Gasteiger partial charge in [0.2, 0.25) is 18.8 Å². The molecule has 43 heavy (non-hydrogen) atoms. The normalized spacial score (nSPS) is 20.7. The van der Waals surface area contributed by atoms with Crippen LogP contribution in [0.1, 0.15) is 36.0 Å². The fourth-order valence-electron chi connectivity index (χ4n) is 5.63. The Morgan fingerprint density at radius 2 is 2.07 bits per heavy atom. The molecule has 2 unspecified atom stereocenters. The maximum Gasteiger partial charge on any atom is 0.227 e. The number of aromatic nitrogens is 1. The number of ether oxygens (including phenoxy) is 1. The van der Waals surface area contributed by atoms with Crippen LogP contribution in [0.3, 0.4) is 0 Å². The number of ketones is 1. The zero-order valence-electron chi connectivity index (χ0n) is 22.9. The molecule has 0 radical (unpaired) electrons. The summed E-state index contributed by atoms with van der Waals surface area (Å²) in [5, 5.41) is 3.98. The molecule has 1 fully saturated rings. The SMILES string of the molecule is CN1CCCC12CC(=O)c1cc(Cl)c(-c3ccc(F)c4sc(N)nc34)c(Cl)c1OCCC2NC=O.N/C(F)=C\N(N)C=O. The molecule has 2 amide bonds. The Morgan fingerprint density at radius 3 is 2.67 bits per heavy atom. The number of anilines is 1. The molecule has 2 atom stereocenters. The van der Waals surface area contributed by atoms with E-state index in [1.807, 2.05) is 7.05 Å². The summed E-state index contributed by atoms with van der Waals surface area (Å²) in [5.41, 5.74) is 11.3. The lowest BCUT2D eigenvalue weighted by molar-refractivity contribution is -0.116. The number of nitrogens with one attached hydrogen (secondary N) is 1. The van der Waals surface area contributed by atoms with Crippen LogP contribution in [0.4, 0.5) is 13.9 Å². The topological polar surface area (TPSA) is 170 Å². The van der Waals surface area contributed by atoms with E-state index in [0.29, 0.717) is 45.4 Å². The minimum Gasteiger partial charge on any atom is -0.491 e. The Bertz CT molecular complexity index is 1590. The highest BCUT2D eigenvalue weighted by Gasteiger charge is 2.47. The molecule has 3 aromatic rings. The molecule has 3 heterocycles. The average Bonchev–Trinajstić information content (AvgIpc) is 3.53. The van der Waals surface area contributed by atoms with Gasteiger partial charge in [-0.3, -0.25) is 24.3 Å². The largest absolute Gasteiger partial charge is 0.491 e. The van der Waals surface area contributed by atoms with Crippen LogP contribution < -0.4 is 27.4 Å². The fourth-order valence-corrected chi connectivity index (χ4v) is 7.10. The number of fused-ring (bicyclic) bond motifs is 2. The lowest BCUT2D eigenvalue weighted by Crippen LogP contribution is -2.58. The Hall–Kier alpha value is -3.56. The van der Waals surface area contributed by atoms with Crippen molar-refractivity contribution < 1.29 is 27.9 Å². The number of likely N-dealkylation sites (N-methyl/N-ethyl adjacent to an activating group) is 1. The standard InChI is InChI=1S/C24H23Cl2FN4O3S.C3H6FN3O/c1-31-7-2-6-24(31)10-16(33)13-9-14(25)18(19(26)21(13)34-8-5-17(24)29-11-32)12-3-4-15(27)22-20(12)30-23(28)35-22;4-3(5)1-7(6)2-8/h3-4,9,11,17H,2,5-8,10H2,1H3,(H2,28,30)(H,29,32);1-2H,5-6H2/b;3-1-. The van der Waals surface area contributed by atoms with Crippen molar-refractivity contribution in [3.05, 3.63) is 51.8 Å². The first-order valence-electron chi connectivity index (χ1n) is 13.0. The van der Waals surface area contributed by atoms with Crippen molar-refractivity contribution in [2.45, 2.75) is 37.3 Å². The van der Waals surface area contributed by atoms with Crippen LogP contribution in [0, 0.1) is 5.82 Å². The van der Waals surface area contributed by atoms with E-state index in [9.17, 15) is 23.2 Å². The highest BCUT2D eigenvalue weighted by molar-refractivity contribution is 7.22. The van der Waals surface area contributed by atoms with Crippen LogP contribution in [0.5, 0.6) is 5.75 Å². The summed E-state index contributed by atoms with van der Waals surface area (Å²) in [6.45, 7) is 1.06. The second kappa shape index (κ2) is 13.4. The van der Waals surface area contributed by atoms with Crippen LogP contribution in [-0.2, 0) is 9.59 Å². The van der Waals surface area contributed by atoms with Crippen molar-refractivity contribution in [1.29, 1.82) is 0 Å². The molecule has 11 nitrogen and oxygen atoms in total. The van der Waals surface area contributed by atoms with Crippen molar-refractivity contribution in [3.8, 4) is 16.9 Å². The smallest absolute Gasteiger partial charge is 0.227 e. The lowest BCUT2D eigenvalue weighted by atomic mass is 9.80. The minimum absolute atomic E-state index is 0.149. The van der Waals surface area contributed by atoms with Gasteiger partial charge in [-0.2, -0.15) is 4.39 Å². The number of likely N-dealkylation sites (tertiary alicyclic amines) is 1. The first-order chi connectivity index (χ1) is 20.4. The third kappa shape index (κ3) is 6.53. The van der Waals surface area contributed by atoms with Gasteiger partial charge in [-0.15, -0.1) is 0 Å². The Morgan fingerprint density at radius 1 is 1.33 bits per heavy atom. The molecule has 0 aliphatic carbocycles. The van der Waals surface area contributed by atoms with Gasteiger partial charge in [-0.1, -0.05) is 34.5 Å². The predicted molar refractivity (Wildman–Crippen MR) is 162 cm³/mol. The van der Waals surface area contributed by atoms with Crippen molar-refractivity contribution in [1.82, 2.24) is 20.2 Å². The van der Waals surface area contributed by atoms with Gasteiger partial charge in [0.1, 0.15) is 11.6 Å². The van der Waals surface area contributed by atoms with E-state index in [2.05, 4.69) is 20.9 Å². The molecule has 1 aromatic heterocycles. The van der Waals surface area contributed by atoms with Crippen LogP contribution in [0.15, 0.2) is 30.3 Å². The summed E-state index contributed by atoms with van der Waals surface area (Å²) in [5.74, 6) is 3.34. The molecule has 5 rings (SSSR count). The van der Waals surface area contributed by atoms with E-state index in [4.69, 9.17) is 39.5 Å². The Balaban J connectivity index is 0.000000467. The second-order valence-corrected chi connectivity index (χ2v) is 11.8. The van der Waals surface area contributed by atoms with Crippen LogP contribution >= 0.6 is 34.5 Å². The molecule has 0 bridgehead atoms. The van der Waals surface area contributed by atoms with Crippen molar-refractivity contribution in [2.75, 3.05) is 25.9 Å². The zero-order chi connectivity index (χ0) is 31.5. The molecule has 2 aromatic carbocycles. The number of carbonyl (C=O) groups is 3. The van der Waals surface area contributed by atoms with Gasteiger partial charge in [-0.05, 0) is 44.6 Å². The highest BCUT2D eigenvalue weighted by atomic mass is 35.5. The third-order valence-corrected chi connectivity index (χ3v) is 9.10. The maximum absolute atomic E-state index is 14.4. The third-order valence-electron chi connectivity index (χ3n) is 7.55. The molecule has 230 valence electrons. The van der Waals surface area contributed by atoms with E-state index >= 15 is 0 Å². The van der Waals surface area contributed by atoms with Gasteiger partial charge in [-0.25, -0.2) is 15.2 Å². The number of nitrogens with zero attached hydrogens (tertiary/aromatic N) is 3. The van der Waals surface area contributed by atoms with Crippen molar-refractivity contribution in [2.24, 2.45) is 11.6 Å². The molecule has 1 spiro atoms. The molecule has 1 saturated heterocycles. The molecule has 0 saturated carbocycles. The summed E-state index contributed by atoms with van der Waals surface area (Å²) in [6.07, 6.45) is 3.93. The highest BCUT2D eigenvalue weighted by Crippen LogP contribution is 2.48. The molecular weight excluding hydrogens is 627 g/mol. The van der Waals surface area contributed by atoms with E-state index in [-0.39, 0.29) is 57.8 Å². The van der Waals surface area contributed by atoms with Gasteiger partial charge in [0, 0.05) is 29.5 Å². The van der Waals surface area contributed by atoms with Crippen molar-refractivity contribution in [3.63, 3.8) is 0 Å². The quantitative estimate of drug-likeness (QED) is 0.104. The predicted octanol–water partition coefficient (Wildman–Crippen LogP) is 3.97. The summed E-state index contributed by atoms with van der Waals surface area (Å²) in [4.78, 5) is 41.1. The van der Waals surface area contributed by atoms with Gasteiger partial charge >= 0.3 is 0 Å². The number of hydrazine groups is 1. The molecular formula is C27H29Cl2F2N7O4S. The van der Waals surface area contributed by atoms with Gasteiger partial charge in [0.15, 0.2) is 10.9 Å². The van der Waals surface area contributed by atoms with Gasteiger partial charge < -0.3 is 21.5 Å². The molecule has 2 aliphatic heterocycles. The number of hydrogen-bond acceptors (Lipinski definition) is 10. The summed E-state index contributed by atoms with van der Waals surface area (Å²) >= 11 is 14.6. The molecule has 16 heteroatoms. The van der Waals surface area contributed by atoms with Crippen LogP contribution in [-0.4, -0.2) is 65.3 Å². The monoisotopic (exact) mass is 655 g/mol. The Kier molecular flexibility index (Phi) is 10.1. The number of nitrogens with two attached hydrogens (primary N) is 3. The average molecular weight is 657 g/mol. The number of carbonyl (C=O) groups excluding carboxylic acids is 3. The van der Waals surface area contributed by atoms with Gasteiger partial charge in [0.25, 0.3) is 0 Å².